The number of rotatable bonds is 10. The average molecular weight is 298 g/mol. The molecule has 0 aromatic rings. The van der Waals surface area contributed by atoms with Crippen LogP contribution >= 0.6 is 0 Å². The normalized spacial score (nSPS) is 22.1. The van der Waals surface area contributed by atoms with Crippen LogP contribution in [0.4, 0.5) is 0 Å². The van der Waals surface area contributed by atoms with Crippen LogP contribution in [0.3, 0.4) is 0 Å². The van der Waals surface area contributed by atoms with Gasteiger partial charge in [-0.15, -0.1) is 0 Å². The third-order valence-corrected chi connectivity index (χ3v) is 3.90. The Morgan fingerprint density at radius 3 is 2.33 bits per heavy atom. The van der Waals surface area contributed by atoms with Gasteiger partial charge in [0.15, 0.2) is 11.3 Å². The van der Waals surface area contributed by atoms with E-state index in [0.29, 0.717) is 13.0 Å². The molecule has 21 heavy (non-hydrogen) atoms. The summed E-state index contributed by atoms with van der Waals surface area (Å²) < 4.78 is 0. The predicted octanol–water partition coefficient (Wildman–Crippen LogP) is 1.80. The highest BCUT2D eigenvalue weighted by Gasteiger charge is 2.55. The topological polar surface area (TPSA) is 86.7 Å². The van der Waals surface area contributed by atoms with E-state index in [0.717, 1.165) is 32.1 Å². The van der Waals surface area contributed by atoms with E-state index in [1.807, 2.05) is 6.92 Å². The molecule has 120 valence electrons. The number of imide groups is 1. The maximum atomic E-state index is 12.4. The summed E-state index contributed by atoms with van der Waals surface area (Å²) in [6.07, 6.45) is 5.39. The molecule has 1 heterocycles. The number of hydroxylamine groups is 2. The van der Waals surface area contributed by atoms with Crippen molar-refractivity contribution >= 4 is 17.6 Å². The number of nitrogens with zero attached hydrogens (tertiary/aromatic N) is 1. The highest BCUT2D eigenvalue weighted by molar-refractivity contribution is 6.20. The SMILES string of the molecule is CCCCCNC1(C(=O)CCCCC)CC(=O)N(O)C1=O. The van der Waals surface area contributed by atoms with Crippen LogP contribution in [0.15, 0.2) is 0 Å². The standard InChI is InChI=1S/C15H26N2O4/c1-3-5-7-9-12(18)15(16-10-8-6-4-2)11-13(19)17(21)14(15)20/h16,21H,3-11H2,1-2H3. The van der Waals surface area contributed by atoms with Gasteiger partial charge in [-0.2, -0.15) is 5.06 Å². The fraction of sp³-hybridized carbons (Fsp3) is 0.800. The fourth-order valence-corrected chi connectivity index (χ4v) is 2.55. The first-order valence-electron chi connectivity index (χ1n) is 7.84. The number of Topliss-reactive ketones (excluding diaryl/α,β-unsaturated/α-hetero) is 1. The van der Waals surface area contributed by atoms with Gasteiger partial charge in [0.1, 0.15) is 0 Å². The largest absolute Gasteiger partial charge is 0.297 e. The molecular weight excluding hydrogens is 272 g/mol. The molecule has 1 rings (SSSR count). The molecule has 1 aliphatic heterocycles. The predicted molar refractivity (Wildman–Crippen MR) is 77.7 cm³/mol. The van der Waals surface area contributed by atoms with Crippen molar-refractivity contribution in [3.05, 3.63) is 0 Å². The molecule has 2 N–H and O–H groups in total. The van der Waals surface area contributed by atoms with Crippen molar-refractivity contribution in [1.82, 2.24) is 10.4 Å². The Bertz CT molecular complexity index is 397. The van der Waals surface area contributed by atoms with Crippen molar-refractivity contribution in [2.45, 2.75) is 70.8 Å². The Balaban J connectivity index is 2.77. The van der Waals surface area contributed by atoms with E-state index >= 15 is 0 Å². The summed E-state index contributed by atoms with van der Waals surface area (Å²) in [6, 6.07) is 0. The quantitative estimate of drug-likeness (QED) is 0.278. The molecule has 0 spiro atoms. The first-order valence-corrected chi connectivity index (χ1v) is 7.84. The number of nitrogens with one attached hydrogen (secondary N) is 1. The number of hydrogen-bond acceptors (Lipinski definition) is 5. The van der Waals surface area contributed by atoms with Crippen molar-refractivity contribution in [3.63, 3.8) is 0 Å². The molecule has 0 aliphatic carbocycles. The van der Waals surface area contributed by atoms with Gasteiger partial charge in [0, 0.05) is 6.42 Å². The van der Waals surface area contributed by atoms with Gasteiger partial charge in [-0.3, -0.25) is 24.9 Å². The number of carbonyl (C=O) groups is 3. The molecule has 1 unspecified atom stereocenters. The Morgan fingerprint density at radius 1 is 1.19 bits per heavy atom. The molecule has 0 radical (unpaired) electrons. The first-order chi connectivity index (χ1) is 9.99. The lowest BCUT2D eigenvalue weighted by molar-refractivity contribution is -0.173. The number of unbranched alkanes of at least 4 members (excludes halogenated alkanes) is 4. The van der Waals surface area contributed by atoms with Gasteiger partial charge >= 0.3 is 0 Å². The fourth-order valence-electron chi connectivity index (χ4n) is 2.55. The van der Waals surface area contributed by atoms with Gasteiger partial charge in [0.05, 0.1) is 6.42 Å². The summed E-state index contributed by atoms with van der Waals surface area (Å²) in [5, 5.41) is 12.5. The highest BCUT2D eigenvalue weighted by atomic mass is 16.5. The molecule has 1 fully saturated rings. The molecule has 6 nitrogen and oxygen atoms in total. The number of hydrogen-bond donors (Lipinski definition) is 2. The minimum atomic E-state index is -1.55. The zero-order valence-corrected chi connectivity index (χ0v) is 13.0. The summed E-state index contributed by atoms with van der Waals surface area (Å²) in [5.74, 6) is -1.83. The van der Waals surface area contributed by atoms with Gasteiger partial charge in [-0.1, -0.05) is 39.5 Å². The monoisotopic (exact) mass is 298 g/mol. The van der Waals surface area contributed by atoms with Gasteiger partial charge in [0.2, 0.25) is 0 Å². The highest BCUT2D eigenvalue weighted by Crippen LogP contribution is 2.26. The zero-order valence-electron chi connectivity index (χ0n) is 13.0. The summed E-state index contributed by atoms with van der Waals surface area (Å²) in [5.41, 5.74) is -1.55. The Morgan fingerprint density at radius 2 is 1.81 bits per heavy atom. The van der Waals surface area contributed by atoms with Gasteiger partial charge in [0.25, 0.3) is 11.8 Å². The number of carbonyl (C=O) groups excluding carboxylic acids is 3. The average Bonchev–Trinajstić information content (AvgIpc) is 2.69. The lowest BCUT2D eigenvalue weighted by Crippen LogP contribution is -2.57. The molecule has 1 aliphatic rings. The molecule has 0 aromatic carbocycles. The van der Waals surface area contributed by atoms with Gasteiger partial charge in [-0.05, 0) is 19.4 Å². The van der Waals surface area contributed by atoms with Crippen LogP contribution in [0, 0.1) is 0 Å². The third kappa shape index (κ3) is 4.11. The van der Waals surface area contributed by atoms with E-state index in [1.165, 1.54) is 0 Å². The maximum absolute atomic E-state index is 12.4. The van der Waals surface area contributed by atoms with E-state index in [1.54, 1.807) is 0 Å². The Kier molecular flexibility index (Phi) is 6.98. The second-order valence-electron chi connectivity index (χ2n) is 5.61. The van der Waals surface area contributed by atoms with E-state index in [4.69, 9.17) is 0 Å². The molecule has 6 heteroatoms. The molecular formula is C15H26N2O4. The van der Waals surface area contributed by atoms with Crippen molar-refractivity contribution in [2.75, 3.05) is 6.54 Å². The minimum Gasteiger partial charge on any atom is -0.297 e. The van der Waals surface area contributed by atoms with Crippen LogP contribution in [0.25, 0.3) is 0 Å². The maximum Gasteiger partial charge on any atom is 0.281 e. The second-order valence-corrected chi connectivity index (χ2v) is 5.61. The van der Waals surface area contributed by atoms with Crippen molar-refractivity contribution in [2.24, 2.45) is 0 Å². The van der Waals surface area contributed by atoms with Crippen molar-refractivity contribution in [3.8, 4) is 0 Å². The first kappa shape index (κ1) is 17.8. The lowest BCUT2D eigenvalue weighted by atomic mass is 9.88. The lowest BCUT2D eigenvalue weighted by Gasteiger charge is -2.25. The Labute approximate surface area is 125 Å². The van der Waals surface area contributed by atoms with E-state index < -0.39 is 17.4 Å². The molecule has 1 atom stereocenters. The van der Waals surface area contributed by atoms with Crippen LogP contribution in [-0.4, -0.2) is 40.0 Å². The van der Waals surface area contributed by atoms with Crippen LogP contribution in [0.5, 0.6) is 0 Å². The van der Waals surface area contributed by atoms with Gasteiger partial charge < -0.3 is 0 Å². The summed E-state index contributed by atoms with van der Waals surface area (Å²) in [7, 11) is 0. The van der Waals surface area contributed by atoms with Gasteiger partial charge in [-0.25, -0.2) is 0 Å². The molecule has 0 bridgehead atoms. The van der Waals surface area contributed by atoms with Crippen LogP contribution < -0.4 is 5.32 Å². The van der Waals surface area contributed by atoms with Crippen molar-refractivity contribution in [1.29, 1.82) is 0 Å². The smallest absolute Gasteiger partial charge is 0.281 e. The third-order valence-electron chi connectivity index (χ3n) is 3.90. The molecule has 0 aromatic heterocycles. The Hall–Kier alpha value is -1.27. The molecule has 0 saturated carbocycles. The van der Waals surface area contributed by atoms with E-state index in [-0.39, 0.29) is 23.7 Å². The number of amides is 2. The second kappa shape index (κ2) is 8.24. The van der Waals surface area contributed by atoms with Crippen LogP contribution in [0.2, 0.25) is 0 Å². The van der Waals surface area contributed by atoms with E-state index in [2.05, 4.69) is 12.2 Å². The van der Waals surface area contributed by atoms with E-state index in [9.17, 15) is 19.6 Å². The minimum absolute atomic E-state index is 0.0878. The summed E-state index contributed by atoms with van der Waals surface area (Å²) in [4.78, 5) is 36.2. The molecule has 2 amide bonds. The number of ketones is 1. The zero-order chi connectivity index (χ0) is 15.9. The summed E-state index contributed by atoms with van der Waals surface area (Å²) in [6.45, 7) is 4.58. The molecule has 1 saturated heterocycles. The van der Waals surface area contributed by atoms with Crippen LogP contribution in [0.1, 0.15) is 65.2 Å². The van der Waals surface area contributed by atoms with Crippen molar-refractivity contribution < 1.29 is 19.6 Å². The summed E-state index contributed by atoms with van der Waals surface area (Å²) >= 11 is 0. The van der Waals surface area contributed by atoms with Crippen LogP contribution in [-0.2, 0) is 14.4 Å².